The van der Waals surface area contributed by atoms with Gasteiger partial charge in [-0.25, -0.2) is 9.97 Å². The molecule has 0 atom stereocenters. The first-order valence-electron chi connectivity index (χ1n) is 8.23. The Morgan fingerprint density at radius 1 is 1.25 bits per heavy atom. The molecule has 0 aromatic carbocycles. The summed E-state index contributed by atoms with van der Waals surface area (Å²) in [5.41, 5.74) is 0. The molecule has 0 N–H and O–H groups in total. The predicted octanol–water partition coefficient (Wildman–Crippen LogP) is 2.61. The number of hydrogen-bond acceptors (Lipinski definition) is 7. The molecule has 2 aliphatic rings. The summed E-state index contributed by atoms with van der Waals surface area (Å²) in [6.07, 6.45) is 2.30. The van der Waals surface area contributed by atoms with Crippen molar-refractivity contribution in [2.75, 3.05) is 31.2 Å². The van der Waals surface area contributed by atoms with Crippen LogP contribution in [0.5, 0.6) is 0 Å². The van der Waals surface area contributed by atoms with Crippen molar-refractivity contribution in [2.24, 2.45) is 0 Å². The maximum absolute atomic E-state index is 6.16. The molecule has 0 amide bonds. The van der Waals surface area contributed by atoms with Crippen molar-refractivity contribution >= 4 is 29.3 Å². The lowest BCUT2D eigenvalue weighted by atomic mass is 10.4. The van der Waals surface area contributed by atoms with Gasteiger partial charge in [0.05, 0.1) is 13.2 Å². The van der Waals surface area contributed by atoms with Crippen LogP contribution >= 0.6 is 23.4 Å². The molecule has 24 heavy (non-hydrogen) atoms. The topological polar surface area (TPSA) is 69.0 Å². The minimum atomic E-state index is 0.469. The van der Waals surface area contributed by atoms with E-state index in [1.165, 1.54) is 11.8 Å². The van der Waals surface area contributed by atoms with E-state index in [0.717, 1.165) is 67.6 Å². The molecule has 1 aliphatic heterocycles. The number of halogens is 1. The van der Waals surface area contributed by atoms with Gasteiger partial charge in [-0.15, -0.1) is 10.2 Å². The number of hydrogen-bond donors (Lipinski definition) is 0. The van der Waals surface area contributed by atoms with Crippen LogP contribution in [0.1, 0.15) is 31.5 Å². The Morgan fingerprint density at radius 3 is 2.75 bits per heavy atom. The van der Waals surface area contributed by atoms with Gasteiger partial charge in [0.1, 0.15) is 16.0 Å². The van der Waals surface area contributed by atoms with Crippen molar-refractivity contribution in [2.45, 2.75) is 42.4 Å². The standard InChI is InChI=1S/C15H19ClN6OS/c1-2-22-14(21-5-7-23-8-6-21)19-20-15(22)24-12-9-11(16)17-13(18-12)10-3-4-10/h9-10H,2-8H2,1H3. The van der Waals surface area contributed by atoms with Crippen molar-refractivity contribution in [1.29, 1.82) is 0 Å². The summed E-state index contributed by atoms with van der Waals surface area (Å²) in [7, 11) is 0. The second-order valence-corrected chi connectivity index (χ2v) is 7.26. The van der Waals surface area contributed by atoms with Crippen LogP contribution in [0.25, 0.3) is 0 Å². The minimum Gasteiger partial charge on any atom is -0.378 e. The van der Waals surface area contributed by atoms with Crippen molar-refractivity contribution in [3.05, 3.63) is 17.0 Å². The summed E-state index contributed by atoms with van der Waals surface area (Å²) in [6, 6.07) is 1.79. The van der Waals surface area contributed by atoms with E-state index >= 15 is 0 Å². The molecule has 3 heterocycles. The van der Waals surface area contributed by atoms with Crippen LogP contribution in [-0.4, -0.2) is 51.0 Å². The van der Waals surface area contributed by atoms with Gasteiger partial charge in [0.25, 0.3) is 0 Å². The van der Waals surface area contributed by atoms with E-state index < -0.39 is 0 Å². The van der Waals surface area contributed by atoms with Gasteiger partial charge < -0.3 is 9.64 Å². The monoisotopic (exact) mass is 366 g/mol. The lowest BCUT2D eigenvalue weighted by molar-refractivity contribution is 0.121. The third-order valence-electron chi connectivity index (χ3n) is 4.13. The molecule has 7 nitrogen and oxygen atoms in total. The summed E-state index contributed by atoms with van der Waals surface area (Å²) in [6.45, 7) is 6.04. The number of aromatic nitrogens is 5. The van der Waals surface area contributed by atoms with E-state index in [-0.39, 0.29) is 0 Å². The van der Waals surface area contributed by atoms with Gasteiger partial charge >= 0.3 is 0 Å². The van der Waals surface area contributed by atoms with Crippen molar-refractivity contribution in [3.8, 4) is 0 Å². The van der Waals surface area contributed by atoms with E-state index in [0.29, 0.717) is 11.1 Å². The Kier molecular flexibility index (Phi) is 4.60. The minimum absolute atomic E-state index is 0.469. The van der Waals surface area contributed by atoms with Crippen LogP contribution in [0.3, 0.4) is 0 Å². The summed E-state index contributed by atoms with van der Waals surface area (Å²) >= 11 is 7.65. The lowest BCUT2D eigenvalue weighted by Gasteiger charge is -2.27. The Bertz CT molecular complexity index is 729. The van der Waals surface area contributed by atoms with Gasteiger partial charge in [-0.3, -0.25) is 4.57 Å². The third kappa shape index (κ3) is 3.36. The van der Waals surface area contributed by atoms with Crippen LogP contribution in [0.2, 0.25) is 5.15 Å². The molecular weight excluding hydrogens is 348 g/mol. The smallest absolute Gasteiger partial charge is 0.228 e. The molecule has 1 aliphatic carbocycles. The first kappa shape index (κ1) is 16.1. The molecule has 9 heteroatoms. The highest BCUT2D eigenvalue weighted by Gasteiger charge is 2.28. The average Bonchev–Trinajstić information content (AvgIpc) is 3.37. The van der Waals surface area contributed by atoms with Gasteiger partial charge in [-0.2, -0.15) is 0 Å². The zero-order chi connectivity index (χ0) is 16.5. The van der Waals surface area contributed by atoms with Crippen molar-refractivity contribution < 1.29 is 4.74 Å². The summed E-state index contributed by atoms with van der Waals surface area (Å²) in [5.74, 6) is 2.21. The Morgan fingerprint density at radius 2 is 2.04 bits per heavy atom. The summed E-state index contributed by atoms with van der Waals surface area (Å²) in [4.78, 5) is 11.2. The van der Waals surface area contributed by atoms with Crippen molar-refractivity contribution in [3.63, 3.8) is 0 Å². The van der Waals surface area contributed by atoms with Gasteiger partial charge in [0.2, 0.25) is 5.95 Å². The fourth-order valence-electron chi connectivity index (χ4n) is 2.71. The lowest BCUT2D eigenvalue weighted by Crippen LogP contribution is -2.38. The van der Waals surface area contributed by atoms with E-state index in [1.54, 1.807) is 6.07 Å². The predicted molar refractivity (Wildman–Crippen MR) is 91.9 cm³/mol. The number of ether oxygens (including phenoxy) is 1. The number of nitrogens with zero attached hydrogens (tertiary/aromatic N) is 6. The molecule has 4 rings (SSSR count). The summed E-state index contributed by atoms with van der Waals surface area (Å²) < 4.78 is 7.53. The van der Waals surface area contributed by atoms with Crippen LogP contribution in [-0.2, 0) is 11.3 Å². The van der Waals surface area contributed by atoms with E-state index in [4.69, 9.17) is 16.3 Å². The molecule has 2 aromatic heterocycles. The molecule has 0 unspecified atom stereocenters. The van der Waals surface area contributed by atoms with E-state index in [2.05, 4.69) is 36.6 Å². The Hall–Kier alpha value is -1.38. The highest BCUT2D eigenvalue weighted by Crippen LogP contribution is 2.39. The molecule has 0 spiro atoms. The molecule has 2 aromatic rings. The van der Waals surface area contributed by atoms with Crippen LogP contribution in [0, 0.1) is 0 Å². The maximum Gasteiger partial charge on any atom is 0.228 e. The molecule has 128 valence electrons. The fourth-order valence-corrected chi connectivity index (χ4v) is 3.87. The maximum atomic E-state index is 6.16. The largest absolute Gasteiger partial charge is 0.378 e. The van der Waals surface area contributed by atoms with E-state index in [1.807, 2.05) is 0 Å². The van der Waals surface area contributed by atoms with Crippen LogP contribution in [0.4, 0.5) is 5.95 Å². The van der Waals surface area contributed by atoms with Gasteiger partial charge in [0, 0.05) is 31.6 Å². The van der Waals surface area contributed by atoms with E-state index in [9.17, 15) is 0 Å². The molecule has 1 saturated heterocycles. The number of morpholine rings is 1. The Balaban J connectivity index is 1.59. The Labute approximate surface area is 149 Å². The number of anilines is 1. The van der Waals surface area contributed by atoms with Gasteiger partial charge in [0.15, 0.2) is 5.16 Å². The second-order valence-electron chi connectivity index (χ2n) is 5.89. The van der Waals surface area contributed by atoms with Gasteiger partial charge in [-0.1, -0.05) is 11.6 Å². The first-order chi connectivity index (χ1) is 11.7. The average molecular weight is 367 g/mol. The molecule has 1 saturated carbocycles. The van der Waals surface area contributed by atoms with Crippen LogP contribution in [0.15, 0.2) is 16.2 Å². The first-order valence-corrected chi connectivity index (χ1v) is 9.42. The third-order valence-corrected chi connectivity index (χ3v) is 5.23. The molecule has 0 bridgehead atoms. The SMILES string of the molecule is CCn1c(Sc2cc(Cl)nc(C3CC3)n2)nnc1N1CCOCC1. The quantitative estimate of drug-likeness (QED) is 0.753. The summed E-state index contributed by atoms with van der Waals surface area (Å²) in [5, 5.41) is 10.9. The molecule has 0 radical (unpaired) electrons. The number of rotatable bonds is 5. The zero-order valence-electron chi connectivity index (χ0n) is 13.5. The fraction of sp³-hybridized carbons (Fsp3) is 0.600. The molecular formula is C15H19ClN6OS. The normalized spacial score (nSPS) is 18.2. The highest BCUT2D eigenvalue weighted by molar-refractivity contribution is 7.99. The molecule has 2 fully saturated rings. The zero-order valence-corrected chi connectivity index (χ0v) is 15.1. The van der Waals surface area contributed by atoms with Crippen LogP contribution < -0.4 is 4.90 Å². The van der Waals surface area contributed by atoms with Gasteiger partial charge in [-0.05, 0) is 31.5 Å². The van der Waals surface area contributed by atoms with Crippen molar-refractivity contribution in [1.82, 2.24) is 24.7 Å². The highest BCUT2D eigenvalue weighted by atomic mass is 35.5. The second kappa shape index (κ2) is 6.85.